The van der Waals surface area contributed by atoms with Crippen molar-refractivity contribution in [1.82, 2.24) is 9.88 Å². The van der Waals surface area contributed by atoms with Crippen LogP contribution in [-0.2, 0) is 4.79 Å². The van der Waals surface area contributed by atoms with E-state index in [2.05, 4.69) is 20.9 Å². The van der Waals surface area contributed by atoms with Gasteiger partial charge in [0.05, 0.1) is 19.3 Å². The molecule has 2 heterocycles. The third-order valence-electron chi connectivity index (χ3n) is 2.66. The number of pyridine rings is 1. The van der Waals surface area contributed by atoms with E-state index >= 15 is 0 Å². The van der Waals surface area contributed by atoms with E-state index in [4.69, 9.17) is 4.74 Å². The standard InChI is InChI=1S/C12H15BrN2O2/c13-5-1-4-12(16)15-8-11(9-15)17-10-3-2-6-14-7-10/h2-3,6-7,11H,1,4-5,8-9H2. The molecule has 1 fully saturated rings. The van der Waals surface area contributed by atoms with Crippen molar-refractivity contribution in [3.8, 4) is 5.75 Å². The van der Waals surface area contributed by atoms with E-state index < -0.39 is 0 Å². The largest absolute Gasteiger partial charge is 0.485 e. The van der Waals surface area contributed by atoms with E-state index in [0.29, 0.717) is 19.5 Å². The third kappa shape index (κ3) is 3.43. The zero-order chi connectivity index (χ0) is 12.1. The summed E-state index contributed by atoms with van der Waals surface area (Å²) in [5, 5.41) is 0.877. The maximum atomic E-state index is 11.6. The number of hydrogen-bond acceptors (Lipinski definition) is 3. The van der Waals surface area contributed by atoms with Gasteiger partial charge in [-0.25, -0.2) is 0 Å². The van der Waals surface area contributed by atoms with Gasteiger partial charge in [0.15, 0.2) is 0 Å². The molecule has 0 N–H and O–H groups in total. The smallest absolute Gasteiger partial charge is 0.222 e. The molecule has 4 nitrogen and oxygen atoms in total. The normalized spacial score (nSPS) is 15.5. The highest BCUT2D eigenvalue weighted by molar-refractivity contribution is 9.09. The van der Waals surface area contributed by atoms with Gasteiger partial charge in [0.1, 0.15) is 11.9 Å². The molecule has 17 heavy (non-hydrogen) atoms. The molecule has 1 aliphatic heterocycles. The number of hydrogen-bond donors (Lipinski definition) is 0. The quantitative estimate of drug-likeness (QED) is 0.779. The highest BCUT2D eigenvalue weighted by atomic mass is 79.9. The fraction of sp³-hybridized carbons (Fsp3) is 0.500. The van der Waals surface area contributed by atoms with Gasteiger partial charge in [0, 0.05) is 17.9 Å². The van der Waals surface area contributed by atoms with Crippen LogP contribution < -0.4 is 4.74 Å². The average molecular weight is 299 g/mol. The van der Waals surface area contributed by atoms with Crippen molar-refractivity contribution in [1.29, 1.82) is 0 Å². The van der Waals surface area contributed by atoms with Crippen molar-refractivity contribution in [2.24, 2.45) is 0 Å². The van der Waals surface area contributed by atoms with Crippen molar-refractivity contribution in [3.63, 3.8) is 0 Å². The highest BCUT2D eigenvalue weighted by Gasteiger charge is 2.31. The Morgan fingerprint density at radius 1 is 1.59 bits per heavy atom. The predicted molar refractivity (Wildman–Crippen MR) is 68.3 cm³/mol. The zero-order valence-corrected chi connectivity index (χ0v) is 11.1. The molecular formula is C12H15BrN2O2. The molecule has 0 aromatic carbocycles. The number of carbonyl (C=O) groups is 1. The lowest BCUT2D eigenvalue weighted by atomic mass is 10.1. The minimum absolute atomic E-state index is 0.118. The third-order valence-corrected chi connectivity index (χ3v) is 3.22. The number of likely N-dealkylation sites (tertiary alicyclic amines) is 1. The minimum Gasteiger partial charge on any atom is -0.485 e. The van der Waals surface area contributed by atoms with Crippen LogP contribution in [0.1, 0.15) is 12.8 Å². The van der Waals surface area contributed by atoms with Crippen LogP contribution in [0.4, 0.5) is 0 Å². The number of amides is 1. The molecule has 2 rings (SSSR count). The van der Waals surface area contributed by atoms with E-state index in [0.717, 1.165) is 17.5 Å². The molecule has 0 radical (unpaired) electrons. The fourth-order valence-corrected chi connectivity index (χ4v) is 1.98. The van der Waals surface area contributed by atoms with Crippen molar-refractivity contribution < 1.29 is 9.53 Å². The summed E-state index contributed by atoms with van der Waals surface area (Å²) in [5.41, 5.74) is 0. The molecule has 1 aromatic heterocycles. The maximum absolute atomic E-state index is 11.6. The lowest BCUT2D eigenvalue weighted by Gasteiger charge is -2.39. The number of aromatic nitrogens is 1. The Hall–Kier alpha value is -1.10. The van der Waals surface area contributed by atoms with Crippen molar-refractivity contribution in [2.75, 3.05) is 18.4 Å². The van der Waals surface area contributed by atoms with Gasteiger partial charge in [0.2, 0.25) is 5.91 Å². The van der Waals surface area contributed by atoms with Crippen LogP contribution in [0.5, 0.6) is 5.75 Å². The molecule has 0 spiro atoms. The topological polar surface area (TPSA) is 42.4 Å². The summed E-state index contributed by atoms with van der Waals surface area (Å²) in [6.07, 6.45) is 5.03. The monoisotopic (exact) mass is 298 g/mol. The number of nitrogens with zero attached hydrogens (tertiary/aromatic N) is 2. The van der Waals surface area contributed by atoms with Gasteiger partial charge < -0.3 is 9.64 Å². The number of halogens is 1. The van der Waals surface area contributed by atoms with Gasteiger partial charge in [-0.05, 0) is 18.6 Å². The highest BCUT2D eigenvalue weighted by Crippen LogP contribution is 2.17. The summed E-state index contributed by atoms with van der Waals surface area (Å²) >= 11 is 3.32. The van der Waals surface area contributed by atoms with Crippen LogP contribution in [0.2, 0.25) is 0 Å². The molecule has 0 atom stereocenters. The Labute approximate surface area is 109 Å². The molecular weight excluding hydrogens is 284 g/mol. The first-order valence-electron chi connectivity index (χ1n) is 5.70. The van der Waals surface area contributed by atoms with Gasteiger partial charge in [-0.3, -0.25) is 9.78 Å². The zero-order valence-electron chi connectivity index (χ0n) is 9.51. The Morgan fingerprint density at radius 3 is 3.06 bits per heavy atom. The molecule has 0 unspecified atom stereocenters. The van der Waals surface area contributed by atoms with Crippen molar-refractivity contribution in [3.05, 3.63) is 24.5 Å². The number of alkyl halides is 1. The van der Waals surface area contributed by atoms with Crippen molar-refractivity contribution >= 4 is 21.8 Å². The number of ether oxygens (including phenoxy) is 1. The molecule has 1 saturated heterocycles. The Bertz CT molecular complexity index is 366. The van der Waals surface area contributed by atoms with Crippen LogP contribution in [0.3, 0.4) is 0 Å². The first-order chi connectivity index (χ1) is 8.29. The summed E-state index contributed by atoms with van der Waals surface area (Å²) < 4.78 is 5.67. The molecule has 92 valence electrons. The second-order valence-electron chi connectivity index (χ2n) is 4.02. The summed E-state index contributed by atoms with van der Waals surface area (Å²) in [4.78, 5) is 17.4. The van der Waals surface area contributed by atoms with Crippen LogP contribution in [-0.4, -0.2) is 40.3 Å². The van der Waals surface area contributed by atoms with Gasteiger partial charge in [-0.1, -0.05) is 15.9 Å². The van der Waals surface area contributed by atoms with Gasteiger partial charge in [-0.2, -0.15) is 0 Å². The van der Waals surface area contributed by atoms with Gasteiger partial charge >= 0.3 is 0 Å². The second-order valence-corrected chi connectivity index (χ2v) is 4.81. The Morgan fingerprint density at radius 2 is 2.41 bits per heavy atom. The van der Waals surface area contributed by atoms with Gasteiger partial charge in [-0.15, -0.1) is 0 Å². The molecule has 0 aliphatic carbocycles. The molecule has 0 saturated carbocycles. The van der Waals surface area contributed by atoms with E-state index in [1.165, 1.54) is 0 Å². The van der Waals surface area contributed by atoms with E-state index in [9.17, 15) is 4.79 Å². The Balaban J connectivity index is 1.70. The van der Waals surface area contributed by atoms with E-state index in [1.54, 1.807) is 12.4 Å². The molecule has 0 bridgehead atoms. The van der Waals surface area contributed by atoms with E-state index in [-0.39, 0.29) is 12.0 Å². The summed E-state index contributed by atoms with van der Waals surface area (Å²) in [6.45, 7) is 1.38. The second kappa shape index (κ2) is 6.00. The number of rotatable bonds is 5. The maximum Gasteiger partial charge on any atom is 0.222 e. The molecule has 5 heteroatoms. The summed E-state index contributed by atoms with van der Waals surface area (Å²) in [6, 6.07) is 3.72. The van der Waals surface area contributed by atoms with E-state index in [1.807, 2.05) is 17.0 Å². The van der Waals surface area contributed by atoms with Crippen LogP contribution in [0.25, 0.3) is 0 Å². The summed E-state index contributed by atoms with van der Waals surface area (Å²) in [5.74, 6) is 0.987. The molecule has 1 aromatic rings. The first kappa shape index (κ1) is 12.4. The lowest BCUT2D eigenvalue weighted by Crippen LogP contribution is -2.56. The predicted octanol–water partition coefficient (Wildman–Crippen LogP) is 1.85. The lowest BCUT2D eigenvalue weighted by molar-refractivity contribution is -0.140. The fourth-order valence-electron chi connectivity index (χ4n) is 1.70. The van der Waals surface area contributed by atoms with Crippen LogP contribution in [0.15, 0.2) is 24.5 Å². The first-order valence-corrected chi connectivity index (χ1v) is 6.82. The summed E-state index contributed by atoms with van der Waals surface area (Å²) in [7, 11) is 0. The number of carbonyl (C=O) groups excluding carboxylic acids is 1. The molecule has 1 aliphatic rings. The van der Waals surface area contributed by atoms with Gasteiger partial charge in [0.25, 0.3) is 0 Å². The van der Waals surface area contributed by atoms with Crippen LogP contribution in [0, 0.1) is 0 Å². The van der Waals surface area contributed by atoms with Crippen molar-refractivity contribution in [2.45, 2.75) is 18.9 Å². The minimum atomic E-state index is 0.118. The SMILES string of the molecule is O=C(CCCBr)N1CC(Oc2cccnc2)C1. The Kier molecular flexibility index (Phi) is 4.36. The van der Waals surface area contributed by atoms with Crippen LogP contribution >= 0.6 is 15.9 Å². The molecule has 1 amide bonds. The average Bonchev–Trinajstić information content (AvgIpc) is 2.31.